The summed E-state index contributed by atoms with van der Waals surface area (Å²) in [5.41, 5.74) is 16.5. The van der Waals surface area contributed by atoms with E-state index in [1.54, 1.807) is 13.3 Å². The molecular weight excluding hydrogens is 519 g/mol. The number of nitrogens with zero attached hydrogens (tertiary/aromatic N) is 3. The molecular formula is C29H34ClFN6O2. The fourth-order valence-electron chi connectivity index (χ4n) is 4.89. The number of hydrogen-bond donors (Lipinski definition) is 4. The summed E-state index contributed by atoms with van der Waals surface area (Å²) < 4.78 is 21.2. The lowest BCUT2D eigenvalue weighted by molar-refractivity contribution is 0.414. The number of benzene rings is 2. The summed E-state index contributed by atoms with van der Waals surface area (Å²) in [4.78, 5) is 4.40. The van der Waals surface area contributed by atoms with Gasteiger partial charge in [0.05, 0.1) is 40.8 Å². The molecule has 1 aliphatic carbocycles. The molecule has 39 heavy (non-hydrogen) atoms. The van der Waals surface area contributed by atoms with Crippen LogP contribution in [0.3, 0.4) is 0 Å². The number of rotatable bonds is 6. The number of phenols is 1. The number of aromatic hydroxyl groups is 1. The number of phenolic OH excluding ortho intramolecular Hbond substituents is 1. The Morgan fingerprint density at radius 1 is 1.18 bits per heavy atom. The van der Waals surface area contributed by atoms with Crippen LogP contribution in [0, 0.1) is 12.7 Å². The number of hydrogen-bond acceptors (Lipinski definition) is 6. The van der Waals surface area contributed by atoms with E-state index in [4.69, 9.17) is 22.1 Å². The number of aryl methyl sites for hydroxylation is 1. The molecule has 5 rings (SSSR count). The highest BCUT2D eigenvalue weighted by atomic mass is 35.5. The quantitative estimate of drug-likeness (QED) is 0.167. The Kier molecular flexibility index (Phi) is 8.93. The minimum absolute atomic E-state index is 0.0950. The van der Waals surface area contributed by atoms with Crippen LogP contribution in [0.25, 0.3) is 16.6 Å². The van der Waals surface area contributed by atoms with Crippen LogP contribution < -0.4 is 21.5 Å². The van der Waals surface area contributed by atoms with E-state index < -0.39 is 11.6 Å². The Bertz CT molecular complexity index is 1500. The fraction of sp³-hybridized carbons (Fsp3) is 0.310. The first-order valence-electron chi connectivity index (χ1n) is 12.9. The molecule has 0 radical (unpaired) electrons. The lowest BCUT2D eigenvalue weighted by atomic mass is 9.95. The highest BCUT2D eigenvalue weighted by Crippen LogP contribution is 2.35. The highest BCUT2D eigenvalue weighted by molar-refractivity contribution is 6.33. The topological polar surface area (TPSA) is 123 Å². The van der Waals surface area contributed by atoms with Crippen molar-refractivity contribution < 1.29 is 14.2 Å². The van der Waals surface area contributed by atoms with Crippen LogP contribution >= 0.6 is 11.6 Å². The van der Waals surface area contributed by atoms with Gasteiger partial charge in [0.1, 0.15) is 11.6 Å². The number of aliphatic imine (C=N–C) groups is 1. The van der Waals surface area contributed by atoms with Crippen molar-refractivity contribution in [1.82, 2.24) is 9.61 Å². The number of methoxy groups -OCH3 is 1. The normalized spacial score (nSPS) is 14.2. The third-order valence-electron chi connectivity index (χ3n) is 6.87. The van der Waals surface area contributed by atoms with Crippen molar-refractivity contribution in [2.24, 2.45) is 16.5 Å². The molecule has 0 atom stereocenters. The van der Waals surface area contributed by atoms with Crippen molar-refractivity contribution in [2.75, 3.05) is 19.5 Å². The molecule has 0 amide bonds. The number of aromatic nitrogens is 2. The van der Waals surface area contributed by atoms with Gasteiger partial charge in [0.25, 0.3) is 0 Å². The van der Waals surface area contributed by atoms with E-state index in [1.165, 1.54) is 13.5 Å². The second kappa shape index (κ2) is 12.4. The predicted molar refractivity (Wildman–Crippen MR) is 156 cm³/mol. The molecule has 0 unspecified atom stereocenters. The molecule has 6 N–H and O–H groups in total. The highest BCUT2D eigenvalue weighted by Gasteiger charge is 2.20. The largest absolute Gasteiger partial charge is 0.505 e. The predicted octanol–water partition coefficient (Wildman–Crippen LogP) is 6.17. The van der Waals surface area contributed by atoms with Crippen LogP contribution in [0.15, 0.2) is 53.8 Å². The van der Waals surface area contributed by atoms with Crippen LogP contribution in [-0.4, -0.2) is 40.8 Å². The summed E-state index contributed by atoms with van der Waals surface area (Å²) >= 11 is 6.20. The summed E-state index contributed by atoms with van der Waals surface area (Å²) in [6.45, 7) is 2.05. The summed E-state index contributed by atoms with van der Waals surface area (Å²) in [7, 11) is 3.15. The van der Waals surface area contributed by atoms with E-state index in [0.29, 0.717) is 11.6 Å². The van der Waals surface area contributed by atoms with Gasteiger partial charge < -0.3 is 26.6 Å². The molecule has 1 saturated carbocycles. The van der Waals surface area contributed by atoms with Gasteiger partial charge in [0.2, 0.25) is 0 Å². The Hall–Kier alpha value is -3.82. The van der Waals surface area contributed by atoms with Gasteiger partial charge in [-0.15, -0.1) is 0 Å². The van der Waals surface area contributed by atoms with Crippen LogP contribution in [0.4, 0.5) is 15.8 Å². The van der Waals surface area contributed by atoms with Gasteiger partial charge in [-0.05, 0) is 56.1 Å². The van der Waals surface area contributed by atoms with E-state index in [-0.39, 0.29) is 16.5 Å². The van der Waals surface area contributed by atoms with Crippen LogP contribution in [0.5, 0.6) is 11.5 Å². The minimum atomic E-state index is -0.823. The second-order valence-corrected chi connectivity index (χ2v) is 9.81. The third kappa shape index (κ3) is 6.10. The molecule has 0 saturated heterocycles. The number of amidine groups is 1. The van der Waals surface area contributed by atoms with Crippen molar-refractivity contribution in [1.29, 1.82) is 0 Å². The van der Waals surface area contributed by atoms with Crippen molar-refractivity contribution in [3.8, 4) is 22.6 Å². The first-order chi connectivity index (χ1) is 18.8. The maximum Gasteiger partial charge on any atom is 0.167 e. The van der Waals surface area contributed by atoms with E-state index >= 15 is 0 Å². The fourth-order valence-corrected chi connectivity index (χ4v) is 5.09. The van der Waals surface area contributed by atoms with Crippen molar-refractivity contribution >= 4 is 34.3 Å². The molecule has 2 aromatic carbocycles. The summed E-state index contributed by atoms with van der Waals surface area (Å²) in [6.07, 6.45) is 9.33. The molecule has 2 aromatic heterocycles. The van der Waals surface area contributed by atoms with Gasteiger partial charge in [-0.25, -0.2) is 13.9 Å². The van der Waals surface area contributed by atoms with Crippen LogP contribution in [-0.2, 0) is 0 Å². The van der Waals surface area contributed by atoms with Gasteiger partial charge in [-0.3, -0.25) is 0 Å². The average Bonchev–Trinajstić information content (AvgIpc) is 3.38. The van der Waals surface area contributed by atoms with Crippen LogP contribution in [0.2, 0.25) is 5.02 Å². The van der Waals surface area contributed by atoms with Crippen molar-refractivity contribution in [3.05, 3.63) is 70.8 Å². The smallest absolute Gasteiger partial charge is 0.167 e. The molecule has 0 aliphatic heterocycles. The van der Waals surface area contributed by atoms with Gasteiger partial charge in [0, 0.05) is 29.9 Å². The molecule has 1 aliphatic rings. The summed E-state index contributed by atoms with van der Waals surface area (Å²) in [5.74, 6) is -0.418. The van der Waals surface area contributed by atoms with Gasteiger partial charge in [-0.1, -0.05) is 36.9 Å². The van der Waals surface area contributed by atoms with E-state index in [9.17, 15) is 9.50 Å². The van der Waals surface area contributed by atoms with Gasteiger partial charge in [0.15, 0.2) is 11.6 Å². The lowest BCUT2D eigenvalue weighted by Gasteiger charge is -2.25. The molecule has 10 heteroatoms. The lowest BCUT2D eigenvalue weighted by Crippen LogP contribution is -2.25. The van der Waals surface area contributed by atoms with Gasteiger partial charge in [-0.2, -0.15) is 5.10 Å². The monoisotopic (exact) mass is 552 g/mol. The number of fused-ring (bicyclic) bond motifs is 1. The Morgan fingerprint density at radius 3 is 2.62 bits per heavy atom. The third-order valence-corrected chi connectivity index (χ3v) is 7.17. The number of halogens is 2. The molecule has 206 valence electrons. The molecule has 0 bridgehead atoms. The van der Waals surface area contributed by atoms with Crippen molar-refractivity contribution in [2.45, 2.75) is 45.1 Å². The number of nitrogens with two attached hydrogens (primary N) is 2. The zero-order valence-corrected chi connectivity index (χ0v) is 23.1. The van der Waals surface area contributed by atoms with Gasteiger partial charge >= 0.3 is 0 Å². The minimum Gasteiger partial charge on any atom is -0.505 e. The summed E-state index contributed by atoms with van der Waals surface area (Å²) in [6, 6.07) is 10.5. The van der Waals surface area contributed by atoms with Crippen LogP contribution in [0.1, 0.15) is 43.2 Å². The molecule has 4 aromatic rings. The molecule has 8 nitrogen and oxygen atoms in total. The molecule has 2 heterocycles. The average molecular weight is 553 g/mol. The maximum atomic E-state index is 14.0. The Morgan fingerprint density at radius 2 is 1.92 bits per heavy atom. The number of nitrogens with one attached hydrogen (secondary N) is 1. The van der Waals surface area contributed by atoms with Crippen molar-refractivity contribution in [3.63, 3.8) is 0 Å². The molecule has 1 fully saturated rings. The van der Waals surface area contributed by atoms with E-state index in [1.807, 2.05) is 35.8 Å². The zero-order valence-electron chi connectivity index (χ0n) is 22.3. The SMILES string of the molecule is CN.COc1ccc(-c2cc3c(NC4CCCCC4)c(C(N)=Nc4cc(F)c(O)cc4Cl)cnn3c2)c(C)c1. The Labute approximate surface area is 232 Å². The standard InChI is InChI=1S/C28H29ClFN5O2.CH5N/c1-16-10-19(37-2)8-9-20(16)17-11-25-27(33-18-6-4-3-5-7-18)21(14-32-35(25)15-17)28(31)34-24-13-23(30)26(36)12-22(24)29;1-2/h8-15,18,33,36H,3-7H2,1-2H3,(H2,31,34);2H2,1H3. The van der Waals surface area contributed by atoms with E-state index in [2.05, 4.69) is 27.2 Å². The zero-order chi connectivity index (χ0) is 28.1. The maximum absolute atomic E-state index is 14.0. The van der Waals surface area contributed by atoms with E-state index in [0.717, 1.165) is 71.5 Å². The molecule has 0 spiro atoms. The number of anilines is 1. The second-order valence-electron chi connectivity index (χ2n) is 9.40. The first-order valence-corrected chi connectivity index (χ1v) is 13.2. The number of ether oxygens (including phenoxy) is 1. The Balaban J connectivity index is 0.00000172. The first kappa shape index (κ1) is 28.2. The summed E-state index contributed by atoms with van der Waals surface area (Å²) in [5, 5.41) is 18.0.